The average molecular weight is 486 g/mol. The Labute approximate surface area is 201 Å². The van der Waals surface area contributed by atoms with Gasteiger partial charge in [0.25, 0.3) is 0 Å². The number of nitrogens with one attached hydrogen (secondary N) is 1. The first-order chi connectivity index (χ1) is 16.5. The number of para-hydroxylation sites is 2. The smallest absolute Gasteiger partial charge is 0.248 e. The van der Waals surface area contributed by atoms with Crippen molar-refractivity contribution >= 4 is 33.4 Å². The summed E-state index contributed by atoms with van der Waals surface area (Å²) < 4.78 is 38.7. The summed E-state index contributed by atoms with van der Waals surface area (Å²) in [5, 5.41) is 2.94. The van der Waals surface area contributed by atoms with Crippen LogP contribution in [0, 0.1) is 0 Å². The zero-order valence-corrected chi connectivity index (χ0v) is 20.2. The number of benzene rings is 2. The molecule has 9 heteroatoms. The van der Waals surface area contributed by atoms with Crippen molar-refractivity contribution in [3.05, 3.63) is 54.1 Å². The summed E-state index contributed by atoms with van der Waals surface area (Å²) in [6.07, 6.45) is 5.77. The number of hydrogen-bond acceptors (Lipinski definition) is 6. The van der Waals surface area contributed by atoms with Crippen LogP contribution in [0.25, 0.3) is 6.08 Å². The molecule has 0 unspecified atom stereocenters. The number of methoxy groups -OCH3 is 1. The van der Waals surface area contributed by atoms with Crippen LogP contribution in [0.5, 0.6) is 5.75 Å². The number of carbonyl (C=O) groups is 1. The molecule has 1 N–H and O–H groups in total. The summed E-state index contributed by atoms with van der Waals surface area (Å²) in [6.45, 7) is 3.86. The molecule has 0 atom stereocenters. The molecule has 0 radical (unpaired) electrons. The van der Waals surface area contributed by atoms with E-state index in [0.717, 1.165) is 43.7 Å². The highest BCUT2D eigenvalue weighted by Crippen LogP contribution is 2.30. The number of rotatable bonds is 7. The van der Waals surface area contributed by atoms with E-state index in [1.807, 2.05) is 24.3 Å². The Kier molecular flexibility index (Phi) is 7.87. The fourth-order valence-corrected chi connectivity index (χ4v) is 5.96. The van der Waals surface area contributed by atoms with Crippen LogP contribution in [0.3, 0.4) is 0 Å². The van der Waals surface area contributed by atoms with Crippen molar-refractivity contribution in [3.8, 4) is 5.75 Å². The highest BCUT2D eigenvalue weighted by Gasteiger charge is 2.29. The second-order valence-electron chi connectivity index (χ2n) is 8.31. The highest BCUT2D eigenvalue weighted by atomic mass is 32.2. The van der Waals surface area contributed by atoms with E-state index >= 15 is 0 Å². The number of carbonyl (C=O) groups excluding carboxylic acids is 1. The van der Waals surface area contributed by atoms with Gasteiger partial charge in [0.15, 0.2) is 0 Å². The molecule has 2 saturated heterocycles. The van der Waals surface area contributed by atoms with Gasteiger partial charge in [0.2, 0.25) is 15.9 Å². The molecule has 0 saturated carbocycles. The average Bonchev–Trinajstić information content (AvgIpc) is 2.88. The molecule has 0 aromatic heterocycles. The fraction of sp³-hybridized carbons (Fsp3) is 0.400. The van der Waals surface area contributed by atoms with Crippen molar-refractivity contribution in [2.24, 2.45) is 0 Å². The number of hydrogen-bond donors (Lipinski definition) is 1. The fourth-order valence-electron chi connectivity index (χ4n) is 4.25. The van der Waals surface area contributed by atoms with E-state index in [1.54, 1.807) is 24.3 Å². The predicted molar refractivity (Wildman–Crippen MR) is 133 cm³/mol. The van der Waals surface area contributed by atoms with Gasteiger partial charge in [-0.3, -0.25) is 4.79 Å². The number of nitrogens with zero attached hydrogens (tertiary/aromatic N) is 2. The lowest BCUT2D eigenvalue weighted by atomic mass is 10.2. The van der Waals surface area contributed by atoms with Crippen LogP contribution >= 0.6 is 0 Å². The lowest BCUT2D eigenvalue weighted by Crippen LogP contribution is -2.36. The molecule has 182 valence electrons. The van der Waals surface area contributed by atoms with Gasteiger partial charge in [0.1, 0.15) is 10.6 Å². The summed E-state index contributed by atoms with van der Waals surface area (Å²) >= 11 is 0. The lowest BCUT2D eigenvalue weighted by Gasteiger charge is -2.30. The Balaban J connectivity index is 1.51. The monoisotopic (exact) mass is 485 g/mol. The number of piperidine rings is 1. The van der Waals surface area contributed by atoms with Gasteiger partial charge < -0.3 is 19.7 Å². The van der Waals surface area contributed by atoms with Crippen LogP contribution in [-0.4, -0.2) is 65.1 Å². The van der Waals surface area contributed by atoms with Crippen LogP contribution in [0.4, 0.5) is 11.4 Å². The standard InChI is InChI=1S/C25H31N3O5S/c1-32-23-11-9-20(19-24(23)34(30,31)28-13-5-2-6-14-28)10-12-25(29)26-21-7-3-4-8-22(21)27-15-17-33-18-16-27/h3-4,7-12,19H,2,5-6,13-18H2,1H3,(H,26,29). The van der Waals surface area contributed by atoms with E-state index in [0.29, 0.717) is 37.6 Å². The molecule has 0 aliphatic carbocycles. The van der Waals surface area contributed by atoms with Crippen molar-refractivity contribution in [3.63, 3.8) is 0 Å². The van der Waals surface area contributed by atoms with Crippen LogP contribution < -0.4 is 15.0 Å². The predicted octanol–water partition coefficient (Wildman–Crippen LogP) is 3.36. The van der Waals surface area contributed by atoms with E-state index in [9.17, 15) is 13.2 Å². The maximum atomic E-state index is 13.2. The summed E-state index contributed by atoms with van der Waals surface area (Å²) in [5.74, 6) is 0.00331. The molecule has 2 aliphatic heterocycles. The quantitative estimate of drug-likeness (QED) is 0.605. The minimum atomic E-state index is -3.67. The van der Waals surface area contributed by atoms with E-state index in [-0.39, 0.29) is 10.8 Å². The van der Waals surface area contributed by atoms with Gasteiger partial charge in [-0.05, 0) is 48.7 Å². The second kappa shape index (κ2) is 11.0. The molecule has 2 aromatic carbocycles. The van der Waals surface area contributed by atoms with E-state index < -0.39 is 10.0 Å². The first kappa shape index (κ1) is 24.3. The van der Waals surface area contributed by atoms with E-state index in [2.05, 4.69) is 10.2 Å². The van der Waals surface area contributed by atoms with Gasteiger partial charge in [-0.15, -0.1) is 0 Å². The topological polar surface area (TPSA) is 88.2 Å². The van der Waals surface area contributed by atoms with Crippen molar-refractivity contribution in [2.45, 2.75) is 24.2 Å². The number of anilines is 2. The van der Waals surface area contributed by atoms with Crippen LogP contribution in [0.1, 0.15) is 24.8 Å². The summed E-state index contributed by atoms with van der Waals surface area (Å²) in [7, 11) is -2.22. The van der Waals surface area contributed by atoms with Crippen molar-refractivity contribution in [1.82, 2.24) is 4.31 Å². The summed E-state index contributed by atoms with van der Waals surface area (Å²) in [4.78, 5) is 15.0. The number of amides is 1. The van der Waals surface area contributed by atoms with Crippen LogP contribution in [-0.2, 0) is 19.6 Å². The second-order valence-corrected chi connectivity index (χ2v) is 10.2. The van der Waals surface area contributed by atoms with Crippen molar-refractivity contribution < 1.29 is 22.7 Å². The van der Waals surface area contributed by atoms with Gasteiger partial charge >= 0.3 is 0 Å². The molecule has 34 heavy (non-hydrogen) atoms. The molecule has 1 amide bonds. The molecular weight excluding hydrogens is 454 g/mol. The lowest BCUT2D eigenvalue weighted by molar-refractivity contribution is -0.111. The maximum Gasteiger partial charge on any atom is 0.248 e. The Hall–Kier alpha value is -2.88. The minimum absolute atomic E-state index is 0.122. The summed E-state index contributed by atoms with van der Waals surface area (Å²) in [5.41, 5.74) is 2.28. The SMILES string of the molecule is COc1ccc(C=CC(=O)Nc2ccccc2N2CCOCC2)cc1S(=O)(=O)N1CCCCC1. The third-order valence-electron chi connectivity index (χ3n) is 6.06. The van der Waals surface area contributed by atoms with Gasteiger partial charge in [0, 0.05) is 32.3 Å². The molecular formula is C25H31N3O5S. The van der Waals surface area contributed by atoms with Gasteiger partial charge in [-0.2, -0.15) is 4.31 Å². The molecule has 8 nitrogen and oxygen atoms in total. The minimum Gasteiger partial charge on any atom is -0.495 e. The van der Waals surface area contributed by atoms with Gasteiger partial charge in [-0.25, -0.2) is 8.42 Å². The van der Waals surface area contributed by atoms with Crippen molar-refractivity contribution in [2.75, 3.05) is 56.7 Å². The number of ether oxygens (including phenoxy) is 2. The molecule has 2 aliphatic rings. The first-order valence-electron chi connectivity index (χ1n) is 11.6. The normalized spacial score (nSPS) is 17.6. The molecule has 4 rings (SSSR count). The first-order valence-corrected chi connectivity index (χ1v) is 13.0. The van der Waals surface area contributed by atoms with Crippen LogP contribution in [0.15, 0.2) is 53.4 Å². The van der Waals surface area contributed by atoms with Gasteiger partial charge in [0.05, 0.1) is 31.7 Å². The Morgan fingerprint density at radius 1 is 1.03 bits per heavy atom. The number of sulfonamides is 1. The van der Waals surface area contributed by atoms with Gasteiger partial charge in [-0.1, -0.05) is 24.6 Å². The van der Waals surface area contributed by atoms with Crippen molar-refractivity contribution in [1.29, 1.82) is 0 Å². The van der Waals surface area contributed by atoms with E-state index in [1.165, 1.54) is 17.5 Å². The van der Waals surface area contributed by atoms with Crippen LogP contribution in [0.2, 0.25) is 0 Å². The van der Waals surface area contributed by atoms with E-state index in [4.69, 9.17) is 9.47 Å². The third kappa shape index (κ3) is 5.60. The molecule has 0 spiro atoms. The highest BCUT2D eigenvalue weighted by molar-refractivity contribution is 7.89. The molecule has 0 bridgehead atoms. The summed E-state index contributed by atoms with van der Waals surface area (Å²) in [6, 6.07) is 12.6. The zero-order valence-electron chi connectivity index (χ0n) is 19.4. The molecule has 2 fully saturated rings. The molecule has 2 aromatic rings. The zero-order chi connectivity index (χ0) is 24.0. The third-order valence-corrected chi connectivity index (χ3v) is 7.98. The number of morpholine rings is 1. The Morgan fingerprint density at radius 2 is 1.76 bits per heavy atom. The largest absolute Gasteiger partial charge is 0.495 e. The molecule has 2 heterocycles. The Morgan fingerprint density at radius 3 is 2.50 bits per heavy atom. The maximum absolute atomic E-state index is 13.2. The Bertz CT molecular complexity index is 1140.